The fraction of sp³-hybridized carbons (Fsp3) is 0.652. The standard InChI is InChI=1S/C23H37N5O.HI/c1-4-24-23(28-17-13-20(18-28)19-10-6-5-7-11-19)25-14-9-16-27-15-8-12-21(27)22(29)26(2)3;/h5-7,10-11,20-21H,4,8-9,12-18H2,1-3H3,(H,24,25);1H. The number of hydrogen-bond donors (Lipinski definition) is 1. The molecule has 0 aromatic heterocycles. The smallest absolute Gasteiger partial charge is 0.239 e. The predicted molar refractivity (Wildman–Crippen MR) is 135 cm³/mol. The largest absolute Gasteiger partial charge is 0.357 e. The molecule has 2 aliphatic rings. The van der Waals surface area contributed by atoms with Crippen molar-refractivity contribution < 1.29 is 4.79 Å². The van der Waals surface area contributed by atoms with Gasteiger partial charge in [0.15, 0.2) is 5.96 Å². The van der Waals surface area contributed by atoms with Crippen LogP contribution in [0.3, 0.4) is 0 Å². The second-order valence-corrected chi connectivity index (χ2v) is 8.36. The molecule has 6 nitrogen and oxygen atoms in total. The van der Waals surface area contributed by atoms with Crippen molar-refractivity contribution in [3.63, 3.8) is 0 Å². The molecule has 7 heteroatoms. The van der Waals surface area contributed by atoms with E-state index in [1.165, 1.54) is 12.0 Å². The first-order chi connectivity index (χ1) is 14.1. The van der Waals surface area contributed by atoms with Crippen molar-refractivity contribution in [3.8, 4) is 0 Å². The van der Waals surface area contributed by atoms with Gasteiger partial charge in [0.2, 0.25) is 5.91 Å². The summed E-state index contributed by atoms with van der Waals surface area (Å²) in [6.07, 6.45) is 4.26. The summed E-state index contributed by atoms with van der Waals surface area (Å²) in [6.45, 7) is 7.87. The fourth-order valence-corrected chi connectivity index (χ4v) is 4.51. The van der Waals surface area contributed by atoms with Crippen LogP contribution in [0.2, 0.25) is 0 Å². The van der Waals surface area contributed by atoms with Crippen molar-refractivity contribution in [2.75, 3.05) is 53.4 Å². The highest BCUT2D eigenvalue weighted by Gasteiger charge is 2.31. The molecule has 2 heterocycles. The van der Waals surface area contributed by atoms with E-state index in [1.54, 1.807) is 4.90 Å². The van der Waals surface area contributed by atoms with E-state index in [0.29, 0.717) is 5.92 Å². The van der Waals surface area contributed by atoms with Gasteiger partial charge in [-0.25, -0.2) is 0 Å². The van der Waals surface area contributed by atoms with Crippen molar-refractivity contribution in [1.82, 2.24) is 20.0 Å². The lowest BCUT2D eigenvalue weighted by molar-refractivity contribution is -0.133. The van der Waals surface area contributed by atoms with Crippen molar-refractivity contribution in [3.05, 3.63) is 35.9 Å². The lowest BCUT2D eigenvalue weighted by atomic mass is 9.99. The number of nitrogens with one attached hydrogen (secondary N) is 1. The predicted octanol–water partition coefficient (Wildman–Crippen LogP) is 3.00. The van der Waals surface area contributed by atoms with Gasteiger partial charge in [0.25, 0.3) is 0 Å². The van der Waals surface area contributed by atoms with Gasteiger partial charge in [-0.05, 0) is 44.7 Å². The summed E-state index contributed by atoms with van der Waals surface area (Å²) >= 11 is 0. The number of rotatable bonds is 7. The number of carbonyl (C=O) groups excluding carboxylic acids is 1. The highest BCUT2D eigenvalue weighted by molar-refractivity contribution is 14.0. The highest BCUT2D eigenvalue weighted by Crippen LogP contribution is 2.27. The van der Waals surface area contributed by atoms with Gasteiger partial charge in [0.1, 0.15) is 0 Å². The molecule has 1 amide bonds. The Bertz CT molecular complexity index is 681. The van der Waals surface area contributed by atoms with E-state index >= 15 is 0 Å². The first-order valence-corrected chi connectivity index (χ1v) is 11.1. The Morgan fingerprint density at radius 2 is 1.97 bits per heavy atom. The molecule has 30 heavy (non-hydrogen) atoms. The average Bonchev–Trinajstić information content (AvgIpc) is 3.40. The lowest BCUT2D eigenvalue weighted by Crippen LogP contribution is -2.43. The SMILES string of the molecule is CCNC(=NCCCN1CCCC1C(=O)N(C)C)N1CCC(c2ccccc2)C1.I. The van der Waals surface area contributed by atoms with Crippen LogP contribution in [0.4, 0.5) is 0 Å². The molecule has 1 N–H and O–H groups in total. The van der Waals surface area contributed by atoms with E-state index in [0.717, 1.165) is 64.5 Å². The molecule has 2 fully saturated rings. The number of nitrogens with zero attached hydrogens (tertiary/aromatic N) is 4. The molecule has 0 spiro atoms. The zero-order valence-electron chi connectivity index (χ0n) is 18.7. The number of guanidine groups is 1. The maximum Gasteiger partial charge on any atom is 0.239 e. The first kappa shape index (κ1) is 24.9. The topological polar surface area (TPSA) is 51.2 Å². The van der Waals surface area contributed by atoms with Crippen LogP contribution < -0.4 is 5.32 Å². The molecule has 2 unspecified atom stereocenters. The Morgan fingerprint density at radius 1 is 1.20 bits per heavy atom. The third kappa shape index (κ3) is 6.57. The Balaban J connectivity index is 0.00000320. The van der Waals surface area contributed by atoms with Gasteiger partial charge in [-0.2, -0.15) is 0 Å². The summed E-state index contributed by atoms with van der Waals surface area (Å²) < 4.78 is 0. The Labute approximate surface area is 199 Å². The van der Waals surface area contributed by atoms with E-state index in [9.17, 15) is 4.79 Å². The van der Waals surface area contributed by atoms with Gasteiger partial charge in [0.05, 0.1) is 6.04 Å². The van der Waals surface area contributed by atoms with Crippen LogP contribution >= 0.6 is 24.0 Å². The minimum atomic E-state index is 0. The van der Waals surface area contributed by atoms with Gasteiger partial charge in [0, 0.05) is 52.7 Å². The number of benzene rings is 1. The molecule has 0 radical (unpaired) electrons. The fourth-order valence-electron chi connectivity index (χ4n) is 4.51. The maximum absolute atomic E-state index is 12.3. The normalized spacial score (nSPS) is 22.1. The van der Waals surface area contributed by atoms with Crippen molar-refractivity contribution in [1.29, 1.82) is 0 Å². The molecule has 0 saturated carbocycles. The van der Waals surface area contributed by atoms with Gasteiger partial charge in [-0.3, -0.25) is 14.7 Å². The summed E-state index contributed by atoms with van der Waals surface area (Å²) in [5, 5.41) is 3.47. The van der Waals surface area contributed by atoms with Crippen LogP contribution in [0.15, 0.2) is 35.3 Å². The molecule has 1 aromatic carbocycles. The van der Waals surface area contributed by atoms with Crippen LogP contribution in [-0.4, -0.2) is 86.0 Å². The molecular weight excluding hydrogens is 489 g/mol. The molecule has 3 rings (SSSR count). The number of likely N-dealkylation sites (tertiary alicyclic amines) is 2. The Morgan fingerprint density at radius 3 is 2.67 bits per heavy atom. The second kappa shape index (κ2) is 12.5. The number of likely N-dealkylation sites (N-methyl/N-ethyl adjacent to an activating group) is 1. The van der Waals surface area contributed by atoms with Crippen LogP contribution in [0.25, 0.3) is 0 Å². The highest BCUT2D eigenvalue weighted by atomic mass is 127. The zero-order valence-corrected chi connectivity index (χ0v) is 21.0. The molecule has 2 aliphatic heterocycles. The summed E-state index contributed by atoms with van der Waals surface area (Å²) in [7, 11) is 3.70. The van der Waals surface area contributed by atoms with E-state index in [4.69, 9.17) is 4.99 Å². The number of amides is 1. The first-order valence-electron chi connectivity index (χ1n) is 11.1. The second-order valence-electron chi connectivity index (χ2n) is 8.36. The number of hydrogen-bond acceptors (Lipinski definition) is 3. The van der Waals surface area contributed by atoms with E-state index in [1.807, 2.05) is 14.1 Å². The summed E-state index contributed by atoms with van der Waals surface area (Å²) in [4.78, 5) is 23.7. The third-order valence-electron chi connectivity index (χ3n) is 6.05. The van der Waals surface area contributed by atoms with Crippen LogP contribution in [0.5, 0.6) is 0 Å². The minimum Gasteiger partial charge on any atom is -0.357 e. The van der Waals surface area contributed by atoms with Crippen LogP contribution in [0.1, 0.15) is 44.1 Å². The zero-order chi connectivity index (χ0) is 20.6. The number of halogens is 1. The van der Waals surface area contributed by atoms with Crippen LogP contribution in [0, 0.1) is 0 Å². The third-order valence-corrected chi connectivity index (χ3v) is 6.05. The maximum atomic E-state index is 12.3. The summed E-state index contributed by atoms with van der Waals surface area (Å²) in [5.41, 5.74) is 1.43. The molecule has 168 valence electrons. The minimum absolute atomic E-state index is 0. The van der Waals surface area contributed by atoms with Crippen LogP contribution in [-0.2, 0) is 4.79 Å². The molecule has 0 bridgehead atoms. The van der Waals surface area contributed by atoms with Gasteiger partial charge in [-0.15, -0.1) is 24.0 Å². The quantitative estimate of drug-likeness (QED) is 0.257. The van der Waals surface area contributed by atoms with Gasteiger partial charge < -0.3 is 15.1 Å². The van der Waals surface area contributed by atoms with Crippen molar-refractivity contribution in [2.45, 2.75) is 44.6 Å². The van der Waals surface area contributed by atoms with E-state index < -0.39 is 0 Å². The molecule has 2 atom stereocenters. The summed E-state index contributed by atoms with van der Waals surface area (Å²) in [6, 6.07) is 10.9. The number of aliphatic imine (C=N–C) groups is 1. The Kier molecular flexibility index (Phi) is 10.4. The average molecular weight is 527 g/mol. The van der Waals surface area contributed by atoms with E-state index in [2.05, 4.69) is 52.4 Å². The molecule has 1 aromatic rings. The molecule has 0 aliphatic carbocycles. The molecular formula is C23H38IN5O. The summed E-state index contributed by atoms with van der Waals surface area (Å²) in [5.74, 6) is 1.86. The van der Waals surface area contributed by atoms with Crippen molar-refractivity contribution >= 4 is 35.8 Å². The van der Waals surface area contributed by atoms with Gasteiger partial charge in [-0.1, -0.05) is 30.3 Å². The van der Waals surface area contributed by atoms with Gasteiger partial charge >= 0.3 is 0 Å². The molecule has 2 saturated heterocycles. The lowest BCUT2D eigenvalue weighted by Gasteiger charge is -2.26. The van der Waals surface area contributed by atoms with Crippen molar-refractivity contribution in [2.24, 2.45) is 4.99 Å². The Hall–Kier alpha value is -1.35. The monoisotopic (exact) mass is 527 g/mol. The van der Waals surface area contributed by atoms with E-state index in [-0.39, 0.29) is 35.9 Å². The number of carbonyl (C=O) groups is 1.